The van der Waals surface area contributed by atoms with Gasteiger partial charge in [0.05, 0.1) is 0 Å². The van der Waals surface area contributed by atoms with Crippen LogP contribution in [0.1, 0.15) is 51.0 Å². The van der Waals surface area contributed by atoms with Gasteiger partial charge >= 0.3 is 0 Å². The first-order valence-corrected chi connectivity index (χ1v) is 7.52. The van der Waals surface area contributed by atoms with Crippen LogP contribution in [0.3, 0.4) is 0 Å². The van der Waals surface area contributed by atoms with E-state index in [1.54, 1.807) is 0 Å². The fourth-order valence-electron chi connectivity index (χ4n) is 2.28. The molecule has 0 aromatic heterocycles. The van der Waals surface area contributed by atoms with E-state index < -0.39 is 0 Å². The molecule has 1 aliphatic carbocycles. The zero-order valence-electron chi connectivity index (χ0n) is 11.5. The molecule has 1 aromatic rings. The van der Waals surface area contributed by atoms with Crippen molar-refractivity contribution < 1.29 is 0 Å². The Morgan fingerprint density at radius 1 is 1.28 bits per heavy atom. The molecule has 0 radical (unpaired) electrons. The molecule has 0 saturated heterocycles. The van der Waals surface area contributed by atoms with E-state index in [-0.39, 0.29) is 0 Å². The molecule has 100 valence electrons. The topological polar surface area (TPSA) is 12.0 Å². The van der Waals surface area contributed by atoms with Gasteiger partial charge in [-0.1, -0.05) is 44.0 Å². The van der Waals surface area contributed by atoms with Crippen LogP contribution in [-0.4, -0.2) is 12.6 Å². The van der Waals surface area contributed by atoms with Crippen molar-refractivity contribution in [2.75, 3.05) is 6.54 Å². The average Bonchev–Trinajstić information content (AvgIpc) is 3.12. The molecule has 18 heavy (non-hydrogen) atoms. The van der Waals surface area contributed by atoms with E-state index in [4.69, 9.17) is 11.6 Å². The summed E-state index contributed by atoms with van der Waals surface area (Å²) in [6.45, 7) is 5.68. The van der Waals surface area contributed by atoms with E-state index >= 15 is 0 Å². The maximum atomic E-state index is 6.11. The first kappa shape index (κ1) is 13.9. The second-order valence-electron chi connectivity index (χ2n) is 5.91. The minimum atomic E-state index is 0.603. The van der Waals surface area contributed by atoms with Crippen LogP contribution in [0.2, 0.25) is 5.02 Å². The second kappa shape index (κ2) is 6.58. The summed E-state index contributed by atoms with van der Waals surface area (Å²) in [6, 6.07) is 9.15. The molecule has 1 aromatic carbocycles. The van der Waals surface area contributed by atoms with Gasteiger partial charge in [-0.2, -0.15) is 0 Å². The highest BCUT2D eigenvalue weighted by molar-refractivity contribution is 6.30. The van der Waals surface area contributed by atoms with Gasteiger partial charge in [0.2, 0.25) is 0 Å². The molecule has 0 bridgehead atoms. The van der Waals surface area contributed by atoms with Gasteiger partial charge in [0, 0.05) is 17.6 Å². The molecule has 1 aliphatic rings. The first-order chi connectivity index (χ1) is 8.65. The van der Waals surface area contributed by atoms with Crippen molar-refractivity contribution in [3.8, 4) is 0 Å². The van der Waals surface area contributed by atoms with E-state index in [2.05, 4.69) is 37.4 Å². The standard InChI is InChI=1S/C16H24ClN/c1-12(2)6-7-14(11-18-16-8-9-16)13-4-3-5-15(17)10-13/h3-5,10,12,14,16,18H,6-9,11H2,1-2H3. The predicted octanol–water partition coefficient (Wildman–Crippen LogP) is 4.61. The van der Waals surface area contributed by atoms with Crippen molar-refractivity contribution in [3.05, 3.63) is 34.9 Å². The lowest BCUT2D eigenvalue weighted by Crippen LogP contribution is -2.23. The van der Waals surface area contributed by atoms with Crippen molar-refractivity contribution in [2.24, 2.45) is 5.92 Å². The summed E-state index contributed by atoms with van der Waals surface area (Å²) in [7, 11) is 0. The van der Waals surface area contributed by atoms with E-state index in [1.165, 1.54) is 31.2 Å². The molecular formula is C16H24ClN. The number of benzene rings is 1. The van der Waals surface area contributed by atoms with Crippen LogP contribution in [0.4, 0.5) is 0 Å². The number of rotatable bonds is 7. The van der Waals surface area contributed by atoms with Crippen LogP contribution in [0, 0.1) is 5.92 Å². The van der Waals surface area contributed by atoms with Crippen molar-refractivity contribution in [2.45, 2.75) is 51.5 Å². The lowest BCUT2D eigenvalue weighted by atomic mass is 9.91. The Hall–Kier alpha value is -0.530. The molecule has 1 N–H and O–H groups in total. The molecule has 2 heteroatoms. The quantitative estimate of drug-likeness (QED) is 0.759. The molecule has 1 fully saturated rings. The molecule has 0 amide bonds. The third-order valence-electron chi connectivity index (χ3n) is 3.64. The fraction of sp³-hybridized carbons (Fsp3) is 0.625. The third kappa shape index (κ3) is 4.62. The maximum absolute atomic E-state index is 6.11. The highest BCUT2D eigenvalue weighted by Crippen LogP contribution is 2.27. The van der Waals surface area contributed by atoms with Gasteiger partial charge < -0.3 is 5.32 Å². The van der Waals surface area contributed by atoms with E-state index in [1.807, 2.05) is 6.07 Å². The van der Waals surface area contributed by atoms with Gasteiger partial charge in [-0.05, 0) is 48.8 Å². The molecule has 0 spiro atoms. The summed E-state index contributed by atoms with van der Waals surface area (Å²) in [5.74, 6) is 1.37. The van der Waals surface area contributed by atoms with E-state index in [0.29, 0.717) is 5.92 Å². The highest BCUT2D eigenvalue weighted by atomic mass is 35.5. The molecule has 0 heterocycles. The first-order valence-electron chi connectivity index (χ1n) is 7.14. The average molecular weight is 266 g/mol. The maximum Gasteiger partial charge on any atom is 0.0408 e. The zero-order valence-corrected chi connectivity index (χ0v) is 12.2. The summed E-state index contributed by atoms with van der Waals surface area (Å²) < 4.78 is 0. The normalized spacial score (nSPS) is 17.1. The van der Waals surface area contributed by atoms with Crippen LogP contribution >= 0.6 is 11.6 Å². The van der Waals surface area contributed by atoms with Gasteiger partial charge in [-0.15, -0.1) is 0 Å². The molecule has 1 saturated carbocycles. The number of hydrogen-bond acceptors (Lipinski definition) is 1. The van der Waals surface area contributed by atoms with Crippen LogP contribution in [0.25, 0.3) is 0 Å². The van der Waals surface area contributed by atoms with Crippen LogP contribution in [-0.2, 0) is 0 Å². The fourth-order valence-corrected chi connectivity index (χ4v) is 2.48. The Kier molecular flexibility index (Phi) is 5.08. The van der Waals surface area contributed by atoms with Gasteiger partial charge in [0.1, 0.15) is 0 Å². The highest BCUT2D eigenvalue weighted by Gasteiger charge is 2.22. The van der Waals surface area contributed by atoms with Crippen molar-refractivity contribution >= 4 is 11.6 Å². The molecule has 0 aliphatic heterocycles. The SMILES string of the molecule is CC(C)CCC(CNC1CC1)c1cccc(Cl)c1. The lowest BCUT2D eigenvalue weighted by Gasteiger charge is -2.19. The monoisotopic (exact) mass is 265 g/mol. The Morgan fingerprint density at radius 2 is 2.06 bits per heavy atom. The van der Waals surface area contributed by atoms with E-state index in [9.17, 15) is 0 Å². The Bertz CT molecular complexity index is 365. The van der Waals surface area contributed by atoms with Gasteiger partial charge in [0.25, 0.3) is 0 Å². The number of halogens is 1. The summed E-state index contributed by atoms with van der Waals surface area (Å²) in [6.07, 6.45) is 5.24. The van der Waals surface area contributed by atoms with Crippen LogP contribution < -0.4 is 5.32 Å². The van der Waals surface area contributed by atoms with Crippen LogP contribution in [0.5, 0.6) is 0 Å². The summed E-state index contributed by atoms with van der Waals surface area (Å²) in [5, 5.41) is 4.51. The van der Waals surface area contributed by atoms with Crippen LogP contribution in [0.15, 0.2) is 24.3 Å². The third-order valence-corrected chi connectivity index (χ3v) is 3.88. The smallest absolute Gasteiger partial charge is 0.0408 e. The minimum Gasteiger partial charge on any atom is -0.313 e. The van der Waals surface area contributed by atoms with Crippen molar-refractivity contribution in [1.82, 2.24) is 5.32 Å². The Labute approximate surface area is 116 Å². The summed E-state index contributed by atoms with van der Waals surface area (Å²) in [4.78, 5) is 0. The Morgan fingerprint density at radius 3 is 2.67 bits per heavy atom. The number of hydrogen-bond donors (Lipinski definition) is 1. The number of nitrogens with one attached hydrogen (secondary N) is 1. The second-order valence-corrected chi connectivity index (χ2v) is 6.34. The Balaban J connectivity index is 1.96. The molecule has 2 rings (SSSR count). The lowest BCUT2D eigenvalue weighted by molar-refractivity contribution is 0.475. The van der Waals surface area contributed by atoms with Gasteiger partial charge in [-0.25, -0.2) is 0 Å². The molecular weight excluding hydrogens is 242 g/mol. The zero-order chi connectivity index (χ0) is 13.0. The van der Waals surface area contributed by atoms with E-state index in [0.717, 1.165) is 23.5 Å². The summed E-state index contributed by atoms with van der Waals surface area (Å²) >= 11 is 6.11. The predicted molar refractivity (Wildman–Crippen MR) is 79.3 cm³/mol. The summed E-state index contributed by atoms with van der Waals surface area (Å²) in [5.41, 5.74) is 1.39. The van der Waals surface area contributed by atoms with Crippen molar-refractivity contribution in [3.63, 3.8) is 0 Å². The molecule has 1 atom stereocenters. The molecule has 1 unspecified atom stereocenters. The van der Waals surface area contributed by atoms with Gasteiger partial charge in [-0.3, -0.25) is 0 Å². The van der Waals surface area contributed by atoms with Crippen molar-refractivity contribution in [1.29, 1.82) is 0 Å². The minimum absolute atomic E-state index is 0.603. The van der Waals surface area contributed by atoms with Gasteiger partial charge in [0.15, 0.2) is 0 Å². The molecule has 1 nitrogen and oxygen atoms in total. The largest absolute Gasteiger partial charge is 0.313 e.